The van der Waals surface area contributed by atoms with Crippen LogP contribution in [0.4, 0.5) is 5.82 Å². The topological polar surface area (TPSA) is 105 Å². The van der Waals surface area contributed by atoms with E-state index in [4.69, 9.17) is 10.9 Å². The van der Waals surface area contributed by atoms with Gasteiger partial charge >= 0.3 is 0 Å². The molecule has 0 spiro atoms. The Kier molecular flexibility index (Phi) is 5.43. The maximum atomic E-state index is 8.77. The Morgan fingerprint density at radius 1 is 1.33 bits per heavy atom. The summed E-state index contributed by atoms with van der Waals surface area (Å²) in [5.41, 5.74) is 3.37. The molecule has 0 amide bonds. The molecule has 2 aromatic heterocycles. The first kappa shape index (κ1) is 15.6. The monoisotopic (exact) mass is 293 g/mol. The highest BCUT2D eigenvalue weighted by molar-refractivity contribution is 5.86. The summed E-state index contributed by atoms with van der Waals surface area (Å²) < 4.78 is 1.71. The largest absolute Gasteiger partial charge is 0.396 e. The minimum absolute atomic E-state index is 0.259. The number of hydrogen-bond acceptors (Lipinski definition) is 7. The number of hydrogen-bond donors (Lipinski definition) is 3. The highest BCUT2D eigenvalue weighted by atomic mass is 16.2. The van der Waals surface area contributed by atoms with Crippen LogP contribution >= 0.6 is 0 Å². The number of aliphatic hydroxyl groups excluding tert-OH is 1. The lowest BCUT2D eigenvalue weighted by Crippen LogP contribution is -2.21. The van der Waals surface area contributed by atoms with Crippen molar-refractivity contribution in [2.75, 3.05) is 25.6 Å². The van der Waals surface area contributed by atoms with Gasteiger partial charge in [-0.1, -0.05) is 0 Å². The van der Waals surface area contributed by atoms with Crippen molar-refractivity contribution >= 4 is 16.9 Å². The van der Waals surface area contributed by atoms with Gasteiger partial charge in [0.25, 0.3) is 0 Å². The molecule has 0 aromatic carbocycles. The fourth-order valence-corrected chi connectivity index (χ4v) is 2.24. The molecule has 21 heavy (non-hydrogen) atoms. The molecular weight excluding hydrogens is 270 g/mol. The number of anilines is 1. The van der Waals surface area contributed by atoms with Gasteiger partial charge in [-0.25, -0.2) is 15.8 Å². The zero-order chi connectivity index (χ0) is 15.2. The van der Waals surface area contributed by atoms with Gasteiger partial charge in [-0.05, 0) is 32.9 Å². The minimum Gasteiger partial charge on any atom is -0.396 e. The van der Waals surface area contributed by atoms with Crippen LogP contribution in [-0.4, -0.2) is 50.0 Å². The van der Waals surface area contributed by atoms with E-state index < -0.39 is 0 Å². The van der Waals surface area contributed by atoms with Crippen molar-refractivity contribution in [1.29, 1.82) is 0 Å². The third-order valence-electron chi connectivity index (χ3n) is 3.38. The van der Waals surface area contributed by atoms with Crippen molar-refractivity contribution < 1.29 is 5.11 Å². The molecule has 4 N–H and O–H groups in total. The molecule has 116 valence electrons. The number of nitrogens with zero attached hydrogens (tertiary/aromatic N) is 5. The normalized spacial score (nSPS) is 11.5. The maximum Gasteiger partial charge on any atom is 0.163 e. The molecule has 0 fully saturated rings. The molecule has 8 heteroatoms. The molecule has 0 aliphatic carbocycles. The zero-order valence-corrected chi connectivity index (χ0v) is 12.6. The molecule has 0 aliphatic heterocycles. The van der Waals surface area contributed by atoms with Crippen LogP contribution in [-0.2, 0) is 13.6 Å². The number of nitrogens with one attached hydrogen (secondary N) is 1. The molecule has 0 aliphatic rings. The van der Waals surface area contributed by atoms with Gasteiger partial charge in [0.05, 0.1) is 18.1 Å². The molecule has 0 saturated carbocycles. The summed E-state index contributed by atoms with van der Waals surface area (Å²) in [6.07, 6.45) is 4.63. The van der Waals surface area contributed by atoms with Gasteiger partial charge in [0.2, 0.25) is 0 Å². The fraction of sp³-hybridized carbons (Fsp3) is 0.615. The smallest absolute Gasteiger partial charge is 0.163 e. The molecule has 0 bridgehead atoms. The van der Waals surface area contributed by atoms with Gasteiger partial charge in [0.1, 0.15) is 5.82 Å². The maximum absolute atomic E-state index is 8.77. The number of rotatable bonds is 8. The summed E-state index contributed by atoms with van der Waals surface area (Å²) in [6, 6.07) is 0. The first-order valence-electron chi connectivity index (χ1n) is 7.10. The molecular formula is C13H23N7O. The van der Waals surface area contributed by atoms with Crippen molar-refractivity contribution in [3.05, 3.63) is 12.0 Å². The predicted molar refractivity (Wildman–Crippen MR) is 81.4 cm³/mol. The van der Waals surface area contributed by atoms with Crippen molar-refractivity contribution in [2.45, 2.75) is 25.8 Å². The van der Waals surface area contributed by atoms with Crippen LogP contribution in [0.3, 0.4) is 0 Å². The van der Waals surface area contributed by atoms with Crippen molar-refractivity contribution in [2.24, 2.45) is 12.9 Å². The van der Waals surface area contributed by atoms with E-state index in [1.807, 2.05) is 14.1 Å². The molecule has 0 saturated heterocycles. The Morgan fingerprint density at radius 3 is 2.86 bits per heavy atom. The van der Waals surface area contributed by atoms with Crippen LogP contribution in [0.25, 0.3) is 11.0 Å². The van der Waals surface area contributed by atoms with E-state index >= 15 is 0 Å². The van der Waals surface area contributed by atoms with Gasteiger partial charge in [-0.15, -0.1) is 0 Å². The number of aromatic nitrogens is 4. The summed E-state index contributed by atoms with van der Waals surface area (Å²) >= 11 is 0. The first-order valence-corrected chi connectivity index (χ1v) is 7.10. The first-order chi connectivity index (χ1) is 10.2. The SMILES string of the molecule is CN(CCCCCO)Cc1nc(NN)c2cnn(C)c2n1. The van der Waals surface area contributed by atoms with Crippen LogP contribution in [0.2, 0.25) is 0 Å². The van der Waals surface area contributed by atoms with Crippen LogP contribution in [0.15, 0.2) is 6.20 Å². The molecule has 8 nitrogen and oxygen atoms in total. The lowest BCUT2D eigenvalue weighted by atomic mass is 10.2. The summed E-state index contributed by atoms with van der Waals surface area (Å²) in [7, 11) is 3.88. The molecule has 0 unspecified atom stereocenters. The van der Waals surface area contributed by atoms with Gasteiger partial charge in [0.15, 0.2) is 11.5 Å². The summed E-state index contributed by atoms with van der Waals surface area (Å²) in [5.74, 6) is 6.83. The zero-order valence-electron chi connectivity index (χ0n) is 12.6. The second kappa shape index (κ2) is 7.30. The fourth-order valence-electron chi connectivity index (χ4n) is 2.24. The Labute approximate surface area is 123 Å². The third-order valence-corrected chi connectivity index (χ3v) is 3.38. The quantitative estimate of drug-likeness (QED) is 0.364. The Balaban J connectivity index is 2.05. The van der Waals surface area contributed by atoms with Crippen LogP contribution < -0.4 is 11.3 Å². The molecule has 0 radical (unpaired) electrons. The number of fused-ring (bicyclic) bond motifs is 1. The standard InChI is InChI=1S/C13H23N7O/c1-19(6-4-3-5-7-21)9-11-16-12(18-14)10-8-15-20(2)13(10)17-11/h8,21H,3-7,9,14H2,1-2H3,(H,16,17,18). The van der Waals surface area contributed by atoms with E-state index in [2.05, 4.69) is 25.4 Å². The third kappa shape index (κ3) is 3.87. The Hall–Kier alpha value is -1.77. The number of hydrazine groups is 1. The summed E-state index contributed by atoms with van der Waals surface area (Å²) in [5, 5.41) is 13.8. The second-order valence-corrected chi connectivity index (χ2v) is 5.16. The number of nitrogen functional groups attached to an aromatic ring is 1. The van der Waals surface area contributed by atoms with Gasteiger partial charge < -0.3 is 10.5 Å². The van der Waals surface area contributed by atoms with E-state index in [-0.39, 0.29) is 6.61 Å². The average Bonchev–Trinajstić information content (AvgIpc) is 2.84. The molecule has 0 atom stereocenters. The van der Waals surface area contributed by atoms with E-state index in [0.29, 0.717) is 18.2 Å². The van der Waals surface area contributed by atoms with Crippen LogP contribution in [0, 0.1) is 0 Å². The van der Waals surface area contributed by atoms with E-state index in [1.165, 1.54) is 0 Å². The molecule has 2 aromatic rings. The minimum atomic E-state index is 0.259. The Bertz CT molecular complexity index is 583. The van der Waals surface area contributed by atoms with E-state index in [1.54, 1.807) is 10.9 Å². The number of aliphatic hydroxyl groups is 1. The highest BCUT2D eigenvalue weighted by Crippen LogP contribution is 2.18. The lowest BCUT2D eigenvalue weighted by Gasteiger charge is -2.16. The summed E-state index contributed by atoms with van der Waals surface area (Å²) in [6.45, 7) is 1.85. The second-order valence-electron chi connectivity index (χ2n) is 5.16. The highest BCUT2D eigenvalue weighted by Gasteiger charge is 2.12. The van der Waals surface area contributed by atoms with Crippen molar-refractivity contribution in [3.8, 4) is 0 Å². The lowest BCUT2D eigenvalue weighted by molar-refractivity contribution is 0.269. The molecule has 2 heterocycles. The average molecular weight is 293 g/mol. The van der Waals surface area contributed by atoms with Gasteiger partial charge in [-0.3, -0.25) is 9.58 Å². The van der Waals surface area contributed by atoms with Crippen LogP contribution in [0.5, 0.6) is 0 Å². The van der Waals surface area contributed by atoms with Crippen molar-refractivity contribution in [1.82, 2.24) is 24.6 Å². The Morgan fingerprint density at radius 2 is 2.14 bits per heavy atom. The summed E-state index contributed by atoms with van der Waals surface area (Å²) in [4.78, 5) is 11.1. The number of aryl methyl sites for hydroxylation is 1. The molecule has 2 rings (SSSR count). The van der Waals surface area contributed by atoms with Crippen LogP contribution in [0.1, 0.15) is 25.1 Å². The predicted octanol–water partition coefficient (Wildman–Crippen LogP) is 0.243. The van der Waals surface area contributed by atoms with Gasteiger partial charge in [-0.2, -0.15) is 5.10 Å². The number of nitrogens with two attached hydrogens (primary N) is 1. The number of unbranched alkanes of at least 4 members (excludes halogenated alkanes) is 2. The van der Waals surface area contributed by atoms with E-state index in [0.717, 1.165) is 36.8 Å². The van der Waals surface area contributed by atoms with Crippen molar-refractivity contribution in [3.63, 3.8) is 0 Å². The van der Waals surface area contributed by atoms with Gasteiger partial charge in [0, 0.05) is 13.7 Å². The van der Waals surface area contributed by atoms with E-state index in [9.17, 15) is 0 Å².